The molecule has 1 N–H and O–H groups in total. The highest BCUT2D eigenvalue weighted by Crippen LogP contribution is 2.44. The van der Waals surface area contributed by atoms with Gasteiger partial charge in [-0.15, -0.1) is 0 Å². The summed E-state index contributed by atoms with van der Waals surface area (Å²) in [6, 6.07) is 0. The third-order valence-corrected chi connectivity index (χ3v) is 5.01. The maximum absolute atomic E-state index is 10.1. The zero-order chi connectivity index (χ0) is 12.8. The lowest BCUT2D eigenvalue weighted by Gasteiger charge is -2.20. The Hall–Kier alpha value is -0.540. The number of methoxy groups -OCH3 is 1. The molecular formula is C14H19BrO2. The second-order valence-electron chi connectivity index (χ2n) is 5.10. The van der Waals surface area contributed by atoms with E-state index in [1.807, 2.05) is 0 Å². The molecule has 0 unspecified atom stereocenters. The van der Waals surface area contributed by atoms with Crippen LogP contribution in [0.2, 0.25) is 0 Å². The Kier molecular flexibility index (Phi) is 3.25. The highest BCUT2D eigenvalue weighted by atomic mass is 79.9. The summed E-state index contributed by atoms with van der Waals surface area (Å²) >= 11 is 3.63. The summed E-state index contributed by atoms with van der Waals surface area (Å²) in [4.78, 5) is 0. The summed E-state index contributed by atoms with van der Waals surface area (Å²) < 4.78 is 6.67. The van der Waals surface area contributed by atoms with Gasteiger partial charge in [-0.25, -0.2) is 0 Å². The van der Waals surface area contributed by atoms with Gasteiger partial charge in [-0.05, 0) is 50.3 Å². The molecule has 1 aliphatic carbocycles. The van der Waals surface area contributed by atoms with Crippen LogP contribution in [0.4, 0.5) is 0 Å². The molecule has 0 bridgehead atoms. The lowest BCUT2D eigenvalue weighted by atomic mass is 9.94. The van der Waals surface area contributed by atoms with Crippen LogP contribution in [0.5, 0.6) is 5.75 Å². The molecule has 0 heterocycles. The van der Waals surface area contributed by atoms with Crippen LogP contribution in [0.3, 0.4) is 0 Å². The Morgan fingerprint density at radius 1 is 1.18 bits per heavy atom. The fraction of sp³-hybridized carbons (Fsp3) is 0.571. The van der Waals surface area contributed by atoms with Crippen molar-refractivity contribution in [3.8, 4) is 5.75 Å². The van der Waals surface area contributed by atoms with Gasteiger partial charge in [0.15, 0.2) is 0 Å². The SMILES string of the molecule is COc1c(C)c(C)c(Br)c(C)c1CC1(O)CC1. The molecule has 0 spiro atoms. The predicted octanol–water partition coefficient (Wildman–Crippen LogP) is 3.45. The number of aliphatic hydroxyl groups is 1. The fourth-order valence-electron chi connectivity index (χ4n) is 2.28. The number of ether oxygens (including phenoxy) is 1. The molecule has 0 saturated heterocycles. The van der Waals surface area contributed by atoms with Crippen molar-refractivity contribution in [2.45, 2.75) is 45.6 Å². The van der Waals surface area contributed by atoms with Crippen LogP contribution >= 0.6 is 15.9 Å². The van der Waals surface area contributed by atoms with E-state index >= 15 is 0 Å². The van der Waals surface area contributed by atoms with E-state index in [0.717, 1.165) is 34.2 Å². The molecule has 0 atom stereocenters. The Bertz CT molecular complexity index is 462. The van der Waals surface area contributed by atoms with E-state index in [1.54, 1.807) is 7.11 Å². The molecule has 3 heteroatoms. The van der Waals surface area contributed by atoms with E-state index in [2.05, 4.69) is 36.7 Å². The lowest BCUT2D eigenvalue weighted by molar-refractivity contribution is 0.149. The van der Waals surface area contributed by atoms with Crippen LogP contribution in [0, 0.1) is 20.8 Å². The van der Waals surface area contributed by atoms with E-state index in [0.29, 0.717) is 6.42 Å². The average Bonchev–Trinajstić information content (AvgIpc) is 3.02. The van der Waals surface area contributed by atoms with Crippen molar-refractivity contribution < 1.29 is 9.84 Å². The minimum atomic E-state index is -0.487. The third kappa shape index (κ3) is 2.23. The zero-order valence-corrected chi connectivity index (χ0v) is 12.4. The first-order valence-electron chi connectivity index (χ1n) is 5.94. The Labute approximate surface area is 111 Å². The van der Waals surface area contributed by atoms with Gasteiger partial charge in [0.1, 0.15) is 5.75 Å². The summed E-state index contributed by atoms with van der Waals surface area (Å²) in [5.74, 6) is 0.934. The first kappa shape index (κ1) is 12.9. The topological polar surface area (TPSA) is 29.5 Å². The van der Waals surface area contributed by atoms with Gasteiger partial charge in [0.2, 0.25) is 0 Å². The van der Waals surface area contributed by atoms with Crippen LogP contribution in [-0.2, 0) is 6.42 Å². The molecule has 0 aliphatic heterocycles. The van der Waals surface area contributed by atoms with E-state index < -0.39 is 5.60 Å². The van der Waals surface area contributed by atoms with Gasteiger partial charge >= 0.3 is 0 Å². The molecule has 0 amide bonds. The van der Waals surface area contributed by atoms with Gasteiger partial charge in [-0.2, -0.15) is 0 Å². The second kappa shape index (κ2) is 4.29. The minimum Gasteiger partial charge on any atom is -0.496 e. The Balaban J connectivity index is 2.55. The van der Waals surface area contributed by atoms with Gasteiger partial charge in [-0.3, -0.25) is 0 Å². The first-order valence-corrected chi connectivity index (χ1v) is 6.73. The van der Waals surface area contributed by atoms with Crippen molar-refractivity contribution in [2.75, 3.05) is 7.11 Å². The van der Waals surface area contributed by atoms with Crippen LogP contribution in [0.1, 0.15) is 35.1 Å². The number of hydrogen-bond acceptors (Lipinski definition) is 2. The summed E-state index contributed by atoms with van der Waals surface area (Å²) in [6.07, 6.45) is 2.50. The van der Waals surface area contributed by atoms with Crippen LogP contribution < -0.4 is 4.74 Å². The van der Waals surface area contributed by atoms with Gasteiger partial charge in [0.05, 0.1) is 12.7 Å². The third-order valence-electron chi connectivity index (χ3n) is 3.83. The molecular weight excluding hydrogens is 280 g/mol. The lowest BCUT2D eigenvalue weighted by Crippen LogP contribution is -2.14. The molecule has 0 aromatic heterocycles. The quantitative estimate of drug-likeness (QED) is 0.926. The predicted molar refractivity (Wildman–Crippen MR) is 72.8 cm³/mol. The van der Waals surface area contributed by atoms with Crippen molar-refractivity contribution in [3.63, 3.8) is 0 Å². The molecule has 2 rings (SSSR count). The molecule has 1 aromatic rings. The fourth-order valence-corrected chi connectivity index (χ4v) is 2.82. The smallest absolute Gasteiger partial charge is 0.125 e. The van der Waals surface area contributed by atoms with Gasteiger partial charge in [0.25, 0.3) is 0 Å². The van der Waals surface area contributed by atoms with E-state index in [4.69, 9.17) is 4.74 Å². The molecule has 1 aliphatic rings. The average molecular weight is 299 g/mol. The van der Waals surface area contributed by atoms with E-state index in [1.165, 1.54) is 11.1 Å². The number of rotatable bonds is 3. The maximum atomic E-state index is 10.1. The molecule has 17 heavy (non-hydrogen) atoms. The standard InChI is InChI=1S/C14H19BrO2/c1-8-9(2)13(17-4)11(10(3)12(8)15)7-14(16)5-6-14/h16H,5-7H2,1-4H3. The normalized spacial score (nSPS) is 17.1. The molecule has 2 nitrogen and oxygen atoms in total. The van der Waals surface area contributed by atoms with E-state index in [-0.39, 0.29) is 0 Å². The minimum absolute atomic E-state index is 0.487. The Morgan fingerprint density at radius 3 is 2.24 bits per heavy atom. The molecule has 1 aromatic carbocycles. The molecule has 94 valence electrons. The van der Waals surface area contributed by atoms with Crippen LogP contribution in [-0.4, -0.2) is 17.8 Å². The summed E-state index contributed by atoms with van der Waals surface area (Å²) in [7, 11) is 1.70. The number of benzene rings is 1. The van der Waals surface area contributed by atoms with Crippen LogP contribution in [0.15, 0.2) is 4.47 Å². The van der Waals surface area contributed by atoms with Crippen LogP contribution in [0.25, 0.3) is 0 Å². The Morgan fingerprint density at radius 2 is 1.76 bits per heavy atom. The monoisotopic (exact) mass is 298 g/mol. The summed E-state index contributed by atoms with van der Waals surface area (Å²) in [5, 5.41) is 10.1. The highest BCUT2D eigenvalue weighted by Gasteiger charge is 2.41. The van der Waals surface area contributed by atoms with Crippen molar-refractivity contribution in [3.05, 3.63) is 26.7 Å². The maximum Gasteiger partial charge on any atom is 0.125 e. The molecule has 1 fully saturated rings. The van der Waals surface area contributed by atoms with Gasteiger partial charge in [0, 0.05) is 16.5 Å². The highest BCUT2D eigenvalue weighted by molar-refractivity contribution is 9.10. The zero-order valence-electron chi connectivity index (χ0n) is 10.9. The molecule has 0 radical (unpaired) electrons. The molecule has 1 saturated carbocycles. The second-order valence-corrected chi connectivity index (χ2v) is 5.89. The number of hydrogen-bond donors (Lipinski definition) is 1. The first-order chi connectivity index (χ1) is 7.89. The van der Waals surface area contributed by atoms with Gasteiger partial charge < -0.3 is 9.84 Å². The number of halogens is 1. The van der Waals surface area contributed by atoms with Crippen molar-refractivity contribution in [1.29, 1.82) is 0 Å². The van der Waals surface area contributed by atoms with Crippen molar-refractivity contribution >= 4 is 15.9 Å². The summed E-state index contributed by atoms with van der Waals surface area (Å²) in [5.41, 5.74) is 4.21. The van der Waals surface area contributed by atoms with Crippen molar-refractivity contribution in [1.82, 2.24) is 0 Å². The van der Waals surface area contributed by atoms with E-state index in [9.17, 15) is 5.11 Å². The largest absolute Gasteiger partial charge is 0.496 e. The van der Waals surface area contributed by atoms with Gasteiger partial charge in [-0.1, -0.05) is 15.9 Å². The summed E-state index contributed by atoms with van der Waals surface area (Å²) in [6.45, 7) is 6.24. The van der Waals surface area contributed by atoms with Crippen molar-refractivity contribution in [2.24, 2.45) is 0 Å².